The average molecular weight is 225 g/mol. The monoisotopic (exact) mass is 225 g/mol. The fourth-order valence-corrected chi connectivity index (χ4v) is 1.15. The molecule has 1 aromatic heterocycles. The van der Waals surface area contributed by atoms with Gasteiger partial charge in [0.15, 0.2) is 0 Å². The van der Waals surface area contributed by atoms with Gasteiger partial charge in [-0.05, 0) is 26.3 Å². The molecule has 0 aliphatic heterocycles. The maximum atomic E-state index is 11.2. The largest absolute Gasteiger partial charge is 0.467 e. The molecule has 0 amide bonds. The van der Waals surface area contributed by atoms with Gasteiger partial charge in [0.1, 0.15) is 12.0 Å². The number of methoxy groups -OCH3 is 1. The first kappa shape index (κ1) is 12.8. The van der Waals surface area contributed by atoms with Crippen molar-refractivity contribution in [3.63, 3.8) is 0 Å². The molecule has 0 aromatic carbocycles. The summed E-state index contributed by atoms with van der Waals surface area (Å²) in [7, 11) is 1.35. The van der Waals surface area contributed by atoms with E-state index in [1.54, 1.807) is 6.07 Å². The fraction of sp³-hybridized carbons (Fsp3) is 0.583. The van der Waals surface area contributed by atoms with Crippen LogP contribution in [0.3, 0.4) is 0 Å². The highest BCUT2D eigenvalue weighted by Gasteiger charge is 2.15. The molecule has 0 saturated heterocycles. The van der Waals surface area contributed by atoms with E-state index in [9.17, 15) is 4.79 Å². The number of ether oxygens (including phenoxy) is 1. The summed E-state index contributed by atoms with van der Waals surface area (Å²) in [5.74, 6) is 0.367. The highest BCUT2D eigenvalue weighted by Crippen LogP contribution is 2.12. The Labute approximate surface area is 96.0 Å². The molecule has 1 aromatic rings. The van der Waals surface area contributed by atoms with Crippen molar-refractivity contribution in [3.8, 4) is 0 Å². The van der Waals surface area contributed by atoms with Crippen molar-refractivity contribution in [1.29, 1.82) is 0 Å². The molecular formula is C12H19NO3. The van der Waals surface area contributed by atoms with E-state index in [1.165, 1.54) is 13.4 Å². The summed E-state index contributed by atoms with van der Waals surface area (Å²) in [5, 5.41) is 3.35. The first-order valence-corrected chi connectivity index (χ1v) is 5.39. The molecular weight excluding hydrogens is 206 g/mol. The Bertz CT molecular complexity index is 355. The third kappa shape index (κ3) is 3.38. The summed E-state index contributed by atoms with van der Waals surface area (Å²) in [5.41, 5.74) is 0.520. The van der Waals surface area contributed by atoms with Crippen LogP contribution < -0.4 is 5.32 Å². The zero-order chi connectivity index (χ0) is 12.2. The highest BCUT2D eigenvalue weighted by atomic mass is 16.5. The van der Waals surface area contributed by atoms with Crippen LogP contribution in [0, 0.1) is 0 Å². The first-order chi connectivity index (χ1) is 7.48. The van der Waals surface area contributed by atoms with Crippen molar-refractivity contribution < 1.29 is 13.9 Å². The molecule has 90 valence electrons. The minimum Gasteiger partial charge on any atom is -0.467 e. The summed E-state index contributed by atoms with van der Waals surface area (Å²) in [6.07, 6.45) is 2.44. The average Bonchev–Trinajstić information content (AvgIpc) is 2.74. The van der Waals surface area contributed by atoms with Gasteiger partial charge in [0.2, 0.25) is 0 Å². The normalized spacial score (nSPS) is 11.5. The Morgan fingerprint density at radius 2 is 2.25 bits per heavy atom. The number of hydrogen-bond donors (Lipinski definition) is 1. The van der Waals surface area contributed by atoms with Crippen LogP contribution >= 0.6 is 0 Å². The maximum absolute atomic E-state index is 11.2. The van der Waals surface area contributed by atoms with Gasteiger partial charge in [0.25, 0.3) is 0 Å². The molecule has 0 bridgehead atoms. The Morgan fingerprint density at radius 3 is 2.81 bits per heavy atom. The minimum atomic E-state index is -0.371. The van der Waals surface area contributed by atoms with E-state index in [4.69, 9.17) is 4.42 Å². The summed E-state index contributed by atoms with van der Waals surface area (Å²) >= 11 is 0. The zero-order valence-corrected chi connectivity index (χ0v) is 10.3. The smallest absolute Gasteiger partial charge is 0.341 e. The predicted molar refractivity (Wildman–Crippen MR) is 61.3 cm³/mol. The van der Waals surface area contributed by atoms with E-state index < -0.39 is 0 Å². The number of furan rings is 1. The summed E-state index contributed by atoms with van der Waals surface area (Å²) < 4.78 is 9.86. The van der Waals surface area contributed by atoms with Crippen LogP contribution in [0.5, 0.6) is 0 Å². The van der Waals surface area contributed by atoms with E-state index >= 15 is 0 Å². The number of hydrogen-bond acceptors (Lipinski definition) is 4. The predicted octanol–water partition coefficient (Wildman–Crippen LogP) is 2.34. The number of carbonyl (C=O) groups excluding carboxylic acids is 1. The van der Waals surface area contributed by atoms with Crippen LogP contribution in [0.15, 0.2) is 16.7 Å². The lowest BCUT2D eigenvalue weighted by atomic mass is 10.0. The molecule has 0 fully saturated rings. The van der Waals surface area contributed by atoms with Gasteiger partial charge in [-0.2, -0.15) is 0 Å². The second kappa shape index (κ2) is 5.16. The van der Waals surface area contributed by atoms with Gasteiger partial charge in [-0.1, -0.05) is 6.92 Å². The minimum absolute atomic E-state index is 0.0677. The standard InChI is InChI=1S/C12H19NO3/c1-5-12(2,3)13-7-10-6-9(8-16-10)11(14)15-4/h6,8,13H,5,7H2,1-4H3. The van der Waals surface area contributed by atoms with Gasteiger partial charge in [-0.3, -0.25) is 0 Å². The third-order valence-electron chi connectivity index (χ3n) is 2.70. The lowest BCUT2D eigenvalue weighted by Gasteiger charge is -2.23. The molecule has 0 spiro atoms. The van der Waals surface area contributed by atoms with E-state index in [2.05, 4.69) is 30.8 Å². The number of nitrogens with one attached hydrogen (secondary N) is 1. The van der Waals surface area contributed by atoms with Crippen LogP contribution in [-0.2, 0) is 11.3 Å². The van der Waals surface area contributed by atoms with Gasteiger partial charge in [0.05, 0.1) is 19.2 Å². The van der Waals surface area contributed by atoms with Crippen molar-refractivity contribution in [2.75, 3.05) is 7.11 Å². The molecule has 0 unspecified atom stereocenters. The van der Waals surface area contributed by atoms with Gasteiger partial charge < -0.3 is 14.5 Å². The quantitative estimate of drug-likeness (QED) is 0.781. The lowest BCUT2D eigenvalue weighted by molar-refractivity contribution is 0.0600. The number of esters is 1. The van der Waals surface area contributed by atoms with Crippen molar-refractivity contribution in [1.82, 2.24) is 5.32 Å². The molecule has 16 heavy (non-hydrogen) atoms. The van der Waals surface area contributed by atoms with Crippen LogP contribution in [0.1, 0.15) is 43.3 Å². The Morgan fingerprint density at radius 1 is 1.56 bits per heavy atom. The highest BCUT2D eigenvalue weighted by molar-refractivity contribution is 5.88. The molecule has 0 aliphatic rings. The SMILES string of the molecule is CCC(C)(C)NCc1cc(C(=O)OC)co1. The van der Waals surface area contributed by atoms with Crippen LogP contribution in [0.4, 0.5) is 0 Å². The molecule has 0 atom stereocenters. The Kier molecular flexibility index (Phi) is 4.12. The summed E-state index contributed by atoms with van der Waals surface area (Å²) in [6, 6.07) is 1.70. The van der Waals surface area contributed by atoms with E-state index in [-0.39, 0.29) is 11.5 Å². The van der Waals surface area contributed by atoms with Crippen molar-refractivity contribution in [2.45, 2.75) is 39.3 Å². The molecule has 4 nitrogen and oxygen atoms in total. The molecule has 0 radical (unpaired) electrons. The summed E-state index contributed by atoms with van der Waals surface area (Å²) in [4.78, 5) is 11.2. The second-order valence-electron chi connectivity index (χ2n) is 4.38. The topological polar surface area (TPSA) is 51.5 Å². The van der Waals surface area contributed by atoms with Gasteiger partial charge >= 0.3 is 5.97 Å². The molecule has 1 N–H and O–H groups in total. The fourth-order valence-electron chi connectivity index (χ4n) is 1.15. The van der Waals surface area contributed by atoms with Gasteiger partial charge in [-0.15, -0.1) is 0 Å². The van der Waals surface area contributed by atoms with Crippen LogP contribution in [-0.4, -0.2) is 18.6 Å². The third-order valence-corrected chi connectivity index (χ3v) is 2.70. The van der Waals surface area contributed by atoms with Gasteiger partial charge in [-0.25, -0.2) is 4.79 Å². The molecule has 0 saturated carbocycles. The zero-order valence-electron chi connectivity index (χ0n) is 10.3. The van der Waals surface area contributed by atoms with E-state index in [0.717, 1.165) is 12.2 Å². The Hall–Kier alpha value is -1.29. The van der Waals surface area contributed by atoms with Crippen molar-refractivity contribution >= 4 is 5.97 Å². The molecule has 1 rings (SSSR count). The summed E-state index contributed by atoms with van der Waals surface area (Å²) in [6.45, 7) is 6.97. The molecule has 1 heterocycles. The molecule has 0 aliphatic carbocycles. The Balaban J connectivity index is 2.56. The number of carbonyl (C=O) groups is 1. The van der Waals surface area contributed by atoms with Crippen molar-refractivity contribution in [3.05, 3.63) is 23.7 Å². The van der Waals surface area contributed by atoms with E-state index in [1.807, 2.05) is 0 Å². The molecule has 4 heteroatoms. The first-order valence-electron chi connectivity index (χ1n) is 5.39. The van der Waals surface area contributed by atoms with Crippen LogP contribution in [0.2, 0.25) is 0 Å². The van der Waals surface area contributed by atoms with E-state index in [0.29, 0.717) is 12.1 Å². The van der Waals surface area contributed by atoms with Gasteiger partial charge in [0, 0.05) is 5.54 Å². The maximum Gasteiger partial charge on any atom is 0.341 e. The van der Waals surface area contributed by atoms with Crippen molar-refractivity contribution in [2.24, 2.45) is 0 Å². The van der Waals surface area contributed by atoms with Crippen LogP contribution in [0.25, 0.3) is 0 Å². The number of rotatable bonds is 5. The second-order valence-corrected chi connectivity index (χ2v) is 4.38. The lowest BCUT2D eigenvalue weighted by Crippen LogP contribution is -2.37.